The average Bonchev–Trinajstić information content (AvgIpc) is 3.06. The molecule has 0 bridgehead atoms. The number of methoxy groups -OCH3 is 1. The average molecular weight is 419 g/mol. The highest BCUT2D eigenvalue weighted by Crippen LogP contribution is 2.27. The highest BCUT2D eigenvalue weighted by atomic mass is 16.5. The van der Waals surface area contributed by atoms with Crippen LogP contribution in [0, 0.1) is 13.8 Å². The summed E-state index contributed by atoms with van der Waals surface area (Å²) in [5.41, 5.74) is 4.86. The highest BCUT2D eigenvalue weighted by Gasteiger charge is 2.18. The molecule has 0 saturated heterocycles. The van der Waals surface area contributed by atoms with Gasteiger partial charge in [0, 0.05) is 29.4 Å². The van der Waals surface area contributed by atoms with Crippen LogP contribution in [0.25, 0.3) is 11.8 Å². The van der Waals surface area contributed by atoms with Gasteiger partial charge in [0.25, 0.3) is 0 Å². The number of carbonyl (C=O) groups is 1. The lowest BCUT2D eigenvalue weighted by Gasteiger charge is -2.26. The maximum absolute atomic E-state index is 12.6. The minimum Gasteiger partial charge on any atom is -0.496 e. The first kappa shape index (κ1) is 22.3. The van der Waals surface area contributed by atoms with Crippen LogP contribution in [-0.4, -0.2) is 48.3 Å². The molecule has 6 heteroatoms. The van der Waals surface area contributed by atoms with E-state index in [1.54, 1.807) is 13.2 Å². The van der Waals surface area contributed by atoms with Gasteiger partial charge in [-0.15, -0.1) is 0 Å². The molecule has 1 amide bonds. The van der Waals surface area contributed by atoms with Crippen molar-refractivity contribution in [1.82, 2.24) is 20.0 Å². The summed E-state index contributed by atoms with van der Waals surface area (Å²) in [7, 11) is 5.64. The molecule has 31 heavy (non-hydrogen) atoms. The van der Waals surface area contributed by atoms with Crippen LogP contribution in [0.3, 0.4) is 0 Å². The van der Waals surface area contributed by atoms with E-state index in [-0.39, 0.29) is 11.9 Å². The van der Waals surface area contributed by atoms with Gasteiger partial charge in [0.2, 0.25) is 5.91 Å². The second kappa shape index (κ2) is 10.1. The number of carbonyl (C=O) groups excluding carboxylic acids is 1. The van der Waals surface area contributed by atoms with Crippen LogP contribution in [0.4, 0.5) is 0 Å². The SMILES string of the molecule is COc1ccccc1C(CNC(=O)C=Cc1c(C)nn(-c2ccccc2)c1C)N(C)C. The summed E-state index contributed by atoms with van der Waals surface area (Å²) in [5, 5.41) is 7.64. The molecule has 1 heterocycles. The lowest BCUT2D eigenvalue weighted by atomic mass is 10.0. The van der Waals surface area contributed by atoms with Gasteiger partial charge in [0.05, 0.1) is 24.5 Å². The summed E-state index contributed by atoms with van der Waals surface area (Å²) in [6.07, 6.45) is 3.40. The minimum atomic E-state index is -0.145. The smallest absolute Gasteiger partial charge is 0.244 e. The Balaban J connectivity index is 1.71. The molecule has 1 N–H and O–H groups in total. The number of nitrogens with one attached hydrogen (secondary N) is 1. The molecule has 6 nitrogen and oxygen atoms in total. The van der Waals surface area contributed by atoms with Crippen molar-refractivity contribution in [3.63, 3.8) is 0 Å². The Labute approximate surface area is 184 Å². The van der Waals surface area contributed by atoms with Gasteiger partial charge in [0.1, 0.15) is 5.75 Å². The monoisotopic (exact) mass is 418 g/mol. The van der Waals surface area contributed by atoms with Crippen LogP contribution >= 0.6 is 0 Å². The Morgan fingerprint density at radius 1 is 1.13 bits per heavy atom. The lowest BCUT2D eigenvalue weighted by molar-refractivity contribution is -0.116. The number of hydrogen-bond donors (Lipinski definition) is 1. The first-order chi connectivity index (χ1) is 14.9. The molecular weight excluding hydrogens is 388 g/mol. The van der Waals surface area contributed by atoms with E-state index in [2.05, 4.69) is 15.3 Å². The summed E-state index contributed by atoms with van der Waals surface area (Å²) in [4.78, 5) is 14.6. The van der Waals surface area contributed by atoms with Crippen molar-refractivity contribution in [2.45, 2.75) is 19.9 Å². The largest absolute Gasteiger partial charge is 0.496 e. The number of hydrogen-bond acceptors (Lipinski definition) is 4. The molecule has 3 aromatic rings. The molecule has 3 rings (SSSR count). The van der Waals surface area contributed by atoms with Crippen molar-refractivity contribution in [2.75, 3.05) is 27.7 Å². The third-order valence-corrected chi connectivity index (χ3v) is 5.34. The van der Waals surface area contributed by atoms with Crippen LogP contribution < -0.4 is 10.1 Å². The van der Waals surface area contributed by atoms with Gasteiger partial charge >= 0.3 is 0 Å². The number of likely N-dealkylation sites (N-methyl/N-ethyl adjacent to an activating group) is 1. The van der Waals surface area contributed by atoms with Crippen molar-refractivity contribution in [3.8, 4) is 11.4 Å². The maximum atomic E-state index is 12.6. The standard InChI is InChI=1S/C25H30N4O2/c1-18-21(19(2)29(27-18)20-11-7-6-8-12-20)15-16-25(30)26-17-23(28(3)4)22-13-9-10-14-24(22)31-5/h6-16,23H,17H2,1-5H3,(H,26,30). The summed E-state index contributed by atoms with van der Waals surface area (Å²) in [5.74, 6) is 0.665. The second-order valence-corrected chi connectivity index (χ2v) is 7.63. The third-order valence-electron chi connectivity index (χ3n) is 5.34. The van der Waals surface area contributed by atoms with Crippen LogP contribution in [0.15, 0.2) is 60.7 Å². The fourth-order valence-corrected chi connectivity index (χ4v) is 3.64. The van der Waals surface area contributed by atoms with Crippen molar-refractivity contribution in [3.05, 3.63) is 83.2 Å². The molecular formula is C25H30N4O2. The molecule has 0 aliphatic rings. The van der Waals surface area contributed by atoms with E-state index in [1.807, 2.05) is 93.3 Å². The van der Waals surface area contributed by atoms with Crippen molar-refractivity contribution >= 4 is 12.0 Å². The Kier molecular flexibility index (Phi) is 7.26. The zero-order chi connectivity index (χ0) is 22.4. The number of benzene rings is 2. The molecule has 0 radical (unpaired) electrons. The molecule has 0 spiro atoms. The molecule has 1 atom stereocenters. The van der Waals surface area contributed by atoms with E-state index in [9.17, 15) is 4.79 Å². The van der Waals surface area contributed by atoms with Crippen molar-refractivity contribution < 1.29 is 9.53 Å². The van der Waals surface area contributed by atoms with Crippen LogP contribution in [0.2, 0.25) is 0 Å². The van der Waals surface area contributed by atoms with E-state index < -0.39 is 0 Å². The molecule has 1 unspecified atom stereocenters. The van der Waals surface area contributed by atoms with Gasteiger partial charge in [-0.25, -0.2) is 4.68 Å². The fourth-order valence-electron chi connectivity index (χ4n) is 3.64. The van der Waals surface area contributed by atoms with Crippen LogP contribution in [-0.2, 0) is 4.79 Å². The molecule has 162 valence electrons. The first-order valence-corrected chi connectivity index (χ1v) is 10.3. The van der Waals surface area contributed by atoms with E-state index in [4.69, 9.17) is 4.74 Å². The summed E-state index contributed by atoms with van der Waals surface area (Å²) in [6, 6.07) is 17.8. The summed E-state index contributed by atoms with van der Waals surface area (Å²) in [6.45, 7) is 4.43. The molecule has 2 aromatic carbocycles. The van der Waals surface area contributed by atoms with Crippen molar-refractivity contribution in [1.29, 1.82) is 0 Å². The molecule has 0 aliphatic heterocycles. The van der Waals surface area contributed by atoms with Crippen LogP contribution in [0.1, 0.15) is 28.6 Å². The zero-order valence-electron chi connectivity index (χ0n) is 18.8. The van der Waals surface area contributed by atoms with Gasteiger partial charge < -0.3 is 15.0 Å². The third kappa shape index (κ3) is 5.22. The number of amides is 1. The van der Waals surface area contributed by atoms with E-state index in [0.717, 1.165) is 34.0 Å². The Morgan fingerprint density at radius 2 is 1.81 bits per heavy atom. The number of para-hydroxylation sites is 2. The highest BCUT2D eigenvalue weighted by molar-refractivity contribution is 5.92. The molecule has 1 aromatic heterocycles. The molecule has 0 fully saturated rings. The van der Waals surface area contributed by atoms with Gasteiger partial charge in [-0.2, -0.15) is 5.10 Å². The Hall–Kier alpha value is -3.38. The number of aromatic nitrogens is 2. The lowest BCUT2D eigenvalue weighted by Crippen LogP contribution is -2.34. The normalized spacial score (nSPS) is 12.3. The number of rotatable bonds is 8. The first-order valence-electron chi connectivity index (χ1n) is 10.3. The van der Waals surface area contributed by atoms with Crippen LogP contribution in [0.5, 0.6) is 5.75 Å². The van der Waals surface area contributed by atoms with E-state index in [0.29, 0.717) is 6.54 Å². The molecule has 0 saturated carbocycles. The van der Waals surface area contributed by atoms with Gasteiger partial charge in [0.15, 0.2) is 0 Å². The topological polar surface area (TPSA) is 59.4 Å². The van der Waals surface area contributed by atoms with Gasteiger partial charge in [-0.1, -0.05) is 36.4 Å². The van der Waals surface area contributed by atoms with Gasteiger partial charge in [-0.3, -0.25) is 4.79 Å². The Bertz CT molecular complexity index is 1050. The quantitative estimate of drug-likeness (QED) is 0.563. The summed E-state index contributed by atoms with van der Waals surface area (Å²) < 4.78 is 7.39. The fraction of sp³-hybridized carbons (Fsp3) is 0.280. The predicted molar refractivity (Wildman–Crippen MR) is 125 cm³/mol. The Morgan fingerprint density at radius 3 is 2.48 bits per heavy atom. The van der Waals surface area contributed by atoms with E-state index in [1.165, 1.54) is 0 Å². The molecule has 0 aliphatic carbocycles. The number of ether oxygens (including phenoxy) is 1. The number of nitrogens with zero attached hydrogens (tertiary/aromatic N) is 3. The maximum Gasteiger partial charge on any atom is 0.244 e. The van der Waals surface area contributed by atoms with Crippen molar-refractivity contribution in [2.24, 2.45) is 0 Å². The number of aryl methyl sites for hydroxylation is 1. The predicted octanol–water partition coefficient (Wildman–Crippen LogP) is 3.93. The zero-order valence-corrected chi connectivity index (χ0v) is 18.8. The summed E-state index contributed by atoms with van der Waals surface area (Å²) >= 11 is 0. The second-order valence-electron chi connectivity index (χ2n) is 7.63. The van der Waals surface area contributed by atoms with E-state index >= 15 is 0 Å². The minimum absolute atomic E-state index is 0.00203. The van der Waals surface area contributed by atoms with Gasteiger partial charge in [-0.05, 0) is 52.2 Å².